The van der Waals surface area contributed by atoms with Gasteiger partial charge in [0.1, 0.15) is 0 Å². The molecule has 2 unspecified atom stereocenters. The van der Waals surface area contributed by atoms with Gasteiger partial charge in [-0.2, -0.15) is 0 Å². The molecule has 0 spiro atoms. The SMILES string of the molecule is CC(NCC(=O)NC(C)C(C)C)c1ccc(Cl)cc1Cl. The highest BCUT2D eigenvalue weighted by atomic mass is 35.5. The van der Waals surface area contributed by atoms with Crippen LogP contribution in [0.4, 0.5) is 0 Å². The number of hydrogen-bond donors (Lipinski definition) is 2. The lowest BCUT2D eigenvalue weighted by atomic mass is 10.1. The molecule has 1 rings (SSSR count). The molecule has 2 N–H and O–H groups in total. The van der Waals surface area contributed by atoms with E-state index in [2.05, 4.69) is 24.5 Å². The molecule has 1 aromatic carbocycles. The molecule has 0 aliphatic heterocycles. The van der Waals surface area contributed by atoms with Crippen LogP contribution in [0.2, 0.25) is 10.0 Å². The smallest absolute Gasteiger partial charge is 0.234 e. The van der Waals surface area contributed by atoms with Crippen LogP contribution in [0.15, 0.2) is 18.2 Å². The van der Waals surface area contributed by atoms with Crippen molar-refractivity contribution in [2.24, 2.45) is 5.92 Å². The van der Waals surface area contributed by atoms with E-state index >= 15 is 0 Å². The standard InChI is InChI=1S/C15H22Cl2N2O/c1-9(2)10(3)19-15(20)8-18-11(4)13-6-5-12(16)7-14(13)17/h5-7,9-11,18H,8H2,1-4H3,(H,19,20). The molecule has 0 saturated carbocycles. The minimum atomic E-state index is -0.0140. The van der Waals surface area contributed by atoms with Gasteiger partial charge in [-0.1, -0.05) is 43.1 Å². The number of halogens is 2. The number of nitrogens with one attached hydrogen (secondary N) is 2. The van der Waals surface area contributed by atoms with E-state index in [0.717, 1.165) is 5.56 Å². The first-order valence-electron chi connectivity index (χ1n) is 6.79. The number of benzene rings is 1. The molecule has 20 heavy (non-hydrogen) atoms. The van der Waals surface area contributed by atoms with E-state index in [0.29, 0.717) is 16.0 Å². The lowest BCUT2D eigenvalue weighted by molar-refractivity contribution is -0.121. The minimum absolute atomic E-state index is 0.0110. The van der Waals surface area contributed by atoms with Gasteiger partial charge < -0.3 is 10.6 Å². The Hall–Kier alpha value is -0.770. The number of hydrogen-bond acceptors (Lipinski definition) is 2. The molecule has 5 heteroatoms. The molecule has 0 fully saturated rings. The number of carbonyl (C=O) groups excluding carboxylic acids is 1. The van der Waals surface area contributed by atoms with Gasteiger partial charge in [0.15, 0.2) is 0 Å². The Kier molecular flexibility index (Phi) is 6.80. The Morgan fingerprint density at radius 2 is 1.85 bits per heavy atom. The molecule has 0 aliphatic carbocycles. The summed E-state index contributed by atoms with van der Waals surface area (Å²) >= 11 is 12.0. The maximum Gasteiger partial charge on any atom is 0.234 e. The van der Waals surface area contributed by atoms with Gasteiger partial charge in [0.05, 0.1) is 6.54 Å². The highest BCUT2D eigenvalue weighted by Gasteiger charge is 2.13. The fourth-order valence-corrected chi connectivity index (χ4v) is 2.25. The largest absolute Gasteiger partial charge is 0.352 e. The lowest BCUT2D eigenvalue weighted by Crippen LogP contribution is -2.41. The topological polar surface area (TPSA) is 41.1 Å². The van der Waals surface area contributed by atoms with Crippen molar-refractivity contribution in [2.45, 2.75) is 39.8 Å². The summed E-state index contributed by atoms with van der Waals surface area (Å²) in [5, 5.41) is 7.33. The third-order valence-electron chi connectivity index (χ3n) is 3.39. The molecule has 0 bridgehead atoms. The van der Waals surface area contributed by atoms with Gasteiger partial charge in [0, 0.05) is 22.1 Å². The van der Waals surface area contributed by atoms with Crippen molar-refractivity contribution in [1.82, 2.24) is 10.6 Å². The Balaban J connectivity index is 2.50. The lowest BCUT2D eigenvalue weighted by Gasteiger charge is -2.19. The normalized spacial score (nSPS) is 14.2. The molecule has 0 aliphatic rings. The molecular weight excluding hydrogens is 295 g/mol. The summed E-state index contributed by atoms with van der Waals surface area (Å²) in [5.74, 6) is 0.408. The Morgan fingerprint density at radius 3 is 2.40 bits per heavy atom. The monoisotopic (exact) mass is 316 g/mol. The second kappa shape index (κ2) is 7.87. The van der Waals surface area contributed by atoms with Crippen molar-refractivity contribution >= 4 is 29.1 Å². The van der Waals surface area contributed by atoms with Crippen molar-refractivity contribution in [1.29, 1.82) is 0 Å². The van der Waals surface area contributed by atoms with Gasteiger partial charge in [-0.15, -0.1) is 0 Å². The van der Waals surface area contributed by atoms with E-state index in [-0.39, 0.29) is 24.5 Å². The average Bonchev–Trinajstić information content (AvgIpc) is 2.35. The van der Waals surface area contributed by atoms with Crippen LogP contribution in [0, 0.1) is 5.92 Å². The molecule has 0 radical (unpaired) electrons. The van der Waals surface area contributed by atoms with E-state index < -0.39 is 0 Å². The first-order chi connectivity index (χ1) is 9.31. The van der Waals surface area contributed by atoms with Crippen LogP contribution >= 0.6 is 23.2 Å². The van der Waals surface area contributed by atoms with Crippen LogP contribution in [0.25, 0.3) is 0 Å². The number of carbonyl (C=O) groups is 1. The zero-order valence-electron chi connectivity index (χ0n) is 12.3. The molecule has 0 heterocycles. The molecule has 2 atom stereocenters. The third-order valence-corrected chi connectivity index (χ3v) is 3.95. The third kappa shape index (κ3) is 5.31. The fourth-order valence-electron chi connectivity index (χ4n) is 1.68. The van der Waals surface area contributed by atoms with Gasteiger partial charge in [-0.05, 0) is 37.5 Å². The van der Waals surface area contributed by atoms with E-state index in [9.17, 15) is 4.79 Å². The van der Waals surface area contributed by atoms with Gasteiger partial charge in [-0.3, -0.25) is 4.79 Å². The quantitative estimate of drug-likeness (QED) is 0.838. The van der Waals surface area contributed by atoms with Crippen LogP contribution < -0.4 is 10.6 Å². The van der Waals surface area contributed by atoms with E-state index in [1.165, 1.54) is 0 Å². The Labute approximate surface area is 131 Å². The predicted molar refractivity (Wildman–Crippen MR) is 85.3 cm³/mol. The first-order valence-corrected chi connectivity index (χ1v) is 7.54. The van der Waals surface area contributed by atoms with Crippen molar-refractivity contribution in [2.75, 3.05) is 6.54 Å². The van der Waals surface area contributed by atoms with E-state index in [1.54, 1.807) is 12.1 Å². The van der Waals surface area contributed by atoms with Crippen LogP contribution in [0.3, 0.4) is 0 Å². The Morgan fingerprint density at radius 1 is 1.20 bits per heavy atom. The maximum atomic E-state index is 11.8. The maximum absolute atomic E-state index is 11.8. The minimum Gasteiger partial charge on any atom is -0.352 e. The summed E-state index contributed by atoms with van der Waals surface area (Å²) in [6.07, 6.45) is 0. The van der Waals surface area contributed by atoms with E-state index in [1.807, 2.05) is 19.9 Å². The van der Waals surface area contributed by atoms with Crippen molar-refractivity contribution in [3.05, 3.63) is 33.8 Å². The molecule has 3 nitrogen and oxygen atoms in total. The summed E-state index contributed by atoms with van der Waals surface area (Å²) in [5.41, 5.74) is 0.931. The van der Waals surface area contributed by atoms with Crippen LogP contribution in [-0.2, 0) is 4.79 Å². The summed E-state index contributed by atoms with van der Waals surface area (Å²) < 4.78 is 0. The van der Waals surface area contributed by atoms with E-state index in [4.69, 9.17) is 23.2 Å². The second-order valence-corrected chi connectivity index (χ2v) is 6.21. The molecule has 0 saturated heterocycles. The van der Waals surface area contributed by atoms with Gasteiger partial charge in [-0.25, -0.2) is 0 Å². The summed E-state index contributed by atoms with van der Waals surface area (Å²) in [4.78, 5) is 11.8. The molecule has 1 aromatic rings. The summed E-state index contributed by atoms with van der Waals surface area (Å²) in [6.45, 7) is 8.39. The predicted octanol–water partition coefficient (Wildman–Crippen LogP) is 3.80. The second-order valence-electron chi connectivity index (χ2n) is 5.37. The average molecular weight is 317 g/mol. The fraction of sp³-hybridized carbons (Fsp3) is 0.533. The molecule has 112 valence electrons. The molecule has 1 amide bonds. The van der Waals surface area contributed by atoms with Gasteiger partial charge in [0.2, 0.25) is 5.91 Å². The van der Waals surface area contributed by atoms with Crippen molar-refractivity contribution in [3.8, 4) is 0 Å². The first kappa shape index (κ1) is 17.3. The van der Waals surface area contributed by atoms with Gasteiger partial charge >= 0.3 is 0 Å². The summed E-state index contributed by atoms with van der Waals surface area (Å²) in [6, 6.07) is 5.52. The van der Waals surface area contributed by atoms with Gasteiger partial charge in [0.25, 0.3) is 0 Å². The van der Waals surface area contributed by atoms with Crippen LogP contribution in [0.1, 0.15) is 39.3 Å². The summed E-state index contributed by atoms with van der Waals surface area (Å²) in [7, 11) is 0. The van der Waals surface area contributed by atoms with Crippen molar-refractivity contribution < 1.29 is 4.79 Å². The van der Waals surface area contributed by atoms with Crippen LogP contribution in [0.5, 0.6) is 0 Å². The zero-order chi connectivity index (χ0) is 15.3. The van der Waals surface area contributed by atoms with Crippen molar-refractivity contribution in [3.63, 3.8) is 0 Å². The molecule has 0 aromatic heterocycles. The Bertz CT molecular complexity index is 463. The van der Waals surface area contributed by atoms with Crippen LogP contribution in [-0.4, -0.2) is 18.5 Å². The highest BCUT2D eigenvalue weighted by Crippen LogP contribution is 2.25. The zero-order valence-corrected chi connectivity index (χ0v) is 13.8. The number of rotatable bonds is 6. The highest BCUT2D eigenvalue weighted by molar-refractivity contribution is 6.35. The number of amides is 1. The molecular formula is C15H22Cl2N2O.